The number of carbonyl (C=O) groups excluding carboxylic acids is 1. The van der Waals surface area contributed by atoms with Gasteiger partial charge < -0.3 is 10.4 Å². The lowest BCUT2D eigenvalue weighted by Gasteiger charge is -2.31. The number of halogens is 1. The molecule has 0 heterocycles. The fourth-order valence-corrected chi connectivity index (χ4v) is 3.17. The van der Waals surface area contributed by atoms with Gasteiger partial charge in [0.15, 0.2) is 0 Å². The van der Waals surface area contributed by atoms with Crippen LogP contribution in [0.25, 0.3) is 0 Å². The van der Waals surface area contributed by atoms with E-state index in [4.69, 9.17) is 16.7 Å². The fraction of sp³-hybridized carbons (Fsp3) is 0.500. The molecule has 0 unspecified atom stereocenters. The third-order valence-corrected chi connectivity index (χ3v) is 4.24. The molecular formula is C16H20ClNO3. The number of carbonyl (C=O) groups is 2. The lowest BCUT2D eigenvalue weighted by atomic mass is 9.88. The molecule has 0 bridgehead atoms. The summed E-state index contributed by atoms with van der Waals surface area (Å²) < 4.78 is 0. The Hall–Kier alpha value is -1.55. The van der Waals surface area contributed by atoms with Gasteiger partial charge in [-0.3, -0.25) is 9.59 Å². The summed E-state index contributed by atoms with van der Waals surface area (Å²) in [4.78, 5) is 22.6. The molecular weight excluding hydrogens is 290 g/mol. The molecule has 0 aliphatic heterocycles. The van der Waals surface area contributed by atoms with E-state index in [0.29, 0.717) is 11.4 Å². The zero-order valence-corrected chi connectivity index (χ0v) is 12.7. The molecule has 0 aromatic heterocycles. The zero-order chi connectivity index (χ0) is 15.3. The number of rotatable bonds is 6. The molecule has 1 aliphatic rings. The van der Waals surface area contributed by atoms with Gasteiger partial charge in [0.25, 0.3) is 0 Å². The maximum Gasteiger partial charge on any atom is 0.303 e. The molecule has 1 aromatic carbocycles. The summed E-state index contributed by atoms with van der Waals surface area (Å²) in [5, 5.41) is 12.4. The van der Waals surface area contributed by atoms with Gasteiger partial charge in [0, 0.05) is 17.9 Å². The van der Waals surface area contributed by atoms with E-state index in [1.807, 2.05) is 24.3 Å². The fourth-order valence-electron chi connectivity index (χ4n) is 2.98. The van der Waals surface area contributed by atoms with Crippen molar-refractivity contribution in [1.29, 1.82) is 0 Å². The molecule has 1 aromatic rings. The summed E-state index contributed by atoms with van der Waals surface area (Å²) in [5.41, 5.74) is 0.699. The number of carboxylic acid groups (broad SMARTS) is 1. The third kappa shape index (κ3) is 4.21. The molecule has 0 saturated heterocycles. The molecule has 114 valence electrons. The van der Waals surface area contributed by atoms with E-state index in [-0.39, 0.29) is 24.3 Å². The second-order valence-corrected chi connectivity index (χ2v) is 6.03. The molecule has 1 aliphatic carbocycles. The van der Waals surface area contributed by atoms with E-state index < -0.39 is 5.97 Å². The van der Waals surface area contributed by atoms with E-state index in [9.17, 15) is 9.59 Å². The van der Waals surface area contributed by atoms with Crippen LogP contribution < -0.4 is 5.32 Å². The zero-order valence-electron chi connectivity index (χ0n) is 11.9. The van der Waals surface area contributed by atoms with E-state index >= 15 is 0 Å². The lowest BCUT2D eigenvalue weighted by molar-refractivity contribution is -0.137. The highest BCUT2D eigenvalue weighted by molar-refractivity contribution is 6.30. The van der Waals surface area contributed by atoms with Crippen molar-refractivity contribution >= 4 is 23.5 Å². The number of hydrogen-bond acceptors (Lipinski definition) is 2. The number of nitrogens with one attached hydrogen (secondary N) is 1. The van der Waals surface area contributed by atoms with Crippen LogP contribution in [0.2, 0.25) is 5.02 Å². The van der Waals surface area contributed by atoms with Gasteiger partial charge in [-0.15, -0.1) is 0 Å². The largest absolute Gasteiger partial charge is 0.481 e. The molecule has 4 nitrogen and oxygen atoms in total. The first-order valence-corrected chi connectivity index (χ1v) is 7.68. The minimum atomic E-state index is -0.867. The van der Waals surface area contributed by atoms with Gasteiger partial charge in [-0.05, 0) is 37.0 Å². The van der Waals surface area contributed by atoms with E-state index in [1.54, 1.807) is 0 Å². The third-order valence-electron chi connectivity index (χ3n) is 4.01. The van der Waals surface area contributed by atoms with Crippen LogP contribution in [0.5, 0.6) is 0 Å². The summed E-state index contributed by atoms with van der Waals surface area (Å²) >= 11 is 6.06. The minimum Gasteiger partial charge on any atom is -0.481 e. The van der Waals surface area contributed by atoms with Crippen LogP contribution in [-0.4, -0.2) is 17.0 Å². The Labute approximate surface area is 129 Å². The van der Waals surface area contributed by atoms with Crippen LogP contribution in [-0.2, 0) is 15.1 Å². The summed E-state index contributed by atoms with van der Waals surface area (Å²) in [6.07, 6.45) is 4.58. The van der Waals surface area contributed by atoms with Gasteiger partial charge in [0.1, 0.15) is 0 Å². The Bertz CT molecular complexity index is 524. The predicted molar refractivity (Wildman–Crippen MR) is 81.2 cm³/mol. The van der Waals surface area contributed by atoms with E-state index in [2.05, 4.69) is 5.32 Å². The molecule has 0 radical (unpaired) electrons. The molecule has 0 atom stereocenters. The molecule has 2 N–H and O–H groups in total. The molecule has 1 amide bonds. The van der Waals surface area contributed by atoms with Crippen LogP contribution in [0, 0.1) is 0 Å². The van der Waals surface area contributed by atoms with E-state index in [1.165, 1.54) is 0 Å². The Morgan fingerprint density at radius 2 is 1.95 bits per heavy atom. The number of benzene rings is 1. The highest BCUT2D eigenvalue weighted by Gasteiger charge is 2.36. The normalized spacial score (nSPS) is 16.6. The Morgan fingerprint density at radius 1 is 1.24 bits per heavy atom. The average Bonchev–Trinajstić information content (AvgIpc) is 2.88. The van der Waals surface area contributed by atoms with Crippen molar-refractivity contribution < 1.29 is 14.7 Å². The highest BCUT2D eigenvalue weighted by atomic mass is 35.5. The molecule has 0 spiro atoms. The van der Waals surface area contributed by atoms with Gasteiger partial charge >= 0.3 is 5.97 Å². The quantitative estimate of drug-likeness (QED) is 0.845. The number of carboxylic acids is 1. The minimum absolute atomic E-state index is 0.0254. The average molecular weight is 310 g/mol. The van der Waals surface area contributed by atoms with Gasteiger partial charge in [-0.2, -0.15) is 0 Å². The molecule has 5 heteroatoms. The second kappa shape index (κ2) is 6.94. The Morgan fingerprint density at radius 3 is 2.57 bits per heavy atom. The molecule has 2 rings (SSSR count). The van der Waals surface area contributed by atoms with Crippen LogP contribution >= 0.6 is 11.6 Å². The number of amides is 1. The number of aliphatic carboxylic acids is 1. The highest BCUT2D eigenvalue weighted by Crippen LogP contribution is 2.39. The maximum absolute atomic E-state index is 12.1. The first-order chi connectivity index (χ1) is 10.0. The molecule has 21 heavy (non-hydrogen) atoms. The van der Waals surface area contributed by atoms with Crippen molar-refractivity contribution in [3.05, 3.63) is 34.9 Å². The van der Waals surface area contributed by atoms with Crippen molar-refractivity contribution in [2.24, 2.45) is 0 Å². The molecule has 1 fully saturated rings. The van der Waals surface area contributed by atoms with Crippen LogP contribution in [0.3, 0.4) is 0 Å². The molecule has 1 saturated carbocycles. The summed E-state index contributed by atoms with van der Waals surface area (Å²) in [6.45, 7) is 0. The Kier molecular flexibility index (Phi) is 5.23. The lowest BCUT2D eigenvalue weighted by Crippen LogP contribution is -2.43. The van der Waals surface area contributed by atoms with Crippen LogP contribution in [0.15, 0.2) is 24.3 Å². The smallest absolute Gasteiger partial charge is 0.303 e. The first-order valence-electron chi connectivity index (χ1n) is 7.31. The van der Waals surface area contributed by atoms with Crippen molar-refractivity contribution in [3.8, 4) is 0 Å². The van der Waals surface area contributed by atoms with E-state index in [0.717, 1.165) is 31.2 Å². The van der Waals surface area contributed by atoms with Gasteiger partial charge in [-0.1, -0.05) is 36.6 Å². The van der Waals surface area contributed by atoms with Gasteiger partial charge in [-0.25, -0.2) is 0 Å². The number of hydrogen-bond donors (Lipinski definition) is 2. The monoisotopic (exact) mass is 309 g/mol. The predicted octanol–water partition coefficient (Wildman–Crippen LogP) is 3.48. The summed E-state index contributed by atoms with van der Waals surface area (Å²) in [5.74, 6) is -0.952. The summed E-state index contributed by atoms with van der Waals surface area (Å²) in [6, 6.07) is 7.62. The van der Waals surface area contributed by atoms with Crippen molar-refractivity contribution in [2.45, 2.75) is 50.5 Å². The van der Waals surface area contributed by atoms with Crippen molar-refractivity contribution in [3.63, 3.8) is 0 Å². The second-order valence-electron chi connectivity index (χ2n) is 5.60. The SMILES string of the molecule is O=C(O)CCCC(=O)NC1(c2cccc(Cl)c2)CCCC1. The maximum atomic E-state index is 12.1. The Balaban J connectivity index is 2.05. The topological polar surface area (TPSA) is 66.4 Å². The van der Waals surface area contributed by atoms with Crippen LogP contribution in [0.1, 0.15) is 50.5 Å². The summed E-state index contributed by atoms with van der Waals surface area (Å²) in [7, 11) is 0. The van der Waals surface area contributed by atoms with Gasteiger partial charge in [0.05, 0.1) is 5.54 Å². The van der Waals surface area contributed by atoms with Crippen LogP contribution in [0.4, 0.5) is 0 Å². The van der Waals surface area contributed by atoms with Crippen molar-refractivity contribution in [1.82, 2.24) is 5.32 Å². The van der Waals surface area contributed by atoms with Crippen molar-refractivity contribution in [2.75, 3.05) is 0 Å². The standard InChI is InChI=1S/C16H20ClNO3/c17-13-6-3-5-12(11-13)16(9-1-2-10-16)18-14(19)7-4-8-15(20)21/h3,5-6,11H,1-2,4,7-10H2,(H,18,19)(H,20,21). The first kappa shape index (κ1) is 15.8. The van der Waals surface area contributed by atoms with Gasteiger partial charge in [0.2, 0.25) is 5.91 Å².